The van der Waals surface area contributed by atoms with Gasteiger partial charge in [-0.2, -0.15) is 0 Å². The third-order valence-corrected chi connectivity index (χ3v) is 7.15. The van der Waals surface area contributed by atoms with Crippen LogP contribution in [0.4, 0.5) is 10.1 Å². The number of anilines is 1. The topological polar surface area (TPSA) is 53.1 Å². The summed E-state index contributed by atoms with van der Waals surface area (Å²) in [5, 5.41) is 0. The molecular formula is C28H36FN3O3. The van der Waals surface area contributed by atoms with E-state index in [4.69, 9.17) is 4.74 Å². The molecule has 0 aliphatic carbocycles. The van der Waals surface area contributed by atoms with Crippen LogP contribution < -0.4 is 4.90 Å². The Labute approximate surface area is 207 Å². The molecule has 0 saturated carbocycles. The number of fused-ring (bicyclic) bond motifs is 3. The lowest BCUT2D eigenvalue weighted by molar-refractivity contribution is -0.143. The molecular weight excluding hydrogens is 445 g/mol. The lowest BCUT2D eigenvalue weighted by Crippen LogP contribution is -2.55. The number of para-hydroxylation sites is 1. The van der Waals surface area contributed by atoms with Crippen LogP contribution in [-0.2, 0) is 27.4 Å². The molecule has 0 spiro atoms. The Morgan fingerprint density at radius 2 is 1.83 bits per heavy atom. The predicted molar refractivity (Wildman–Crippen MR) is 134 cm³/mol. The van der Waals surface area contributed by atoms with Crippen molar-refractivity contribution in [2.75, 3.05) is 31.7 Å². The van der Waals surface area contributed by atoms with E-state index in [0.717, 1.165) is 42.5 Å². The molecule has 2 aromatic carbocycles. The third kappa shape index (κ3) is 6.08. The summed E-state index contributed by atoms with van der Waals surface area (Å²) in [6.07, 6.45) is 4.03. The lowest BCUT2D eigenvalue weighted by Gasteiger charge is -2.44. The average Bonchev–Trinajstić information content (AvgIpc) is 2.85. The van der Waals surface area contributed by atoms with E-state index in [1.54, 1.807) is 19.2 Å². The van der Waals surface area contributed by atoms with Gasteiger partial charge in [0.1, 0.15) is 12.4 Å². The van der Waals surface area contributed by atoms with Crippen LogP contribution in [0.25, 0.3) is 0 Å². The van der Waals surface area contributed by atoms with Crippen molar-refractivity contribution in [2.24, 2.45) is 0 Å². The van der Waals surface area contributed by atoms with Gasteiger partial charge in [-0.3, -0.25) is 14.5 Å². The molecule has 2 amide bonds. The zero-order valence-corrected chi connectivity index (χ0v) is 20.8. The van der Waals surface area contributed by atoms with Gasteiger partial charge >= 0.3 is 0 Å². The highest BCUT2D eigenvalue weighted by Crippen LogP contribution is 2.31. The summed E-state index contributed by atoms with van der Waals surface area (Å²) in [7, 11) is 1.55. The van der Waals surface area contributed by atoms with Gasteiger partial charge in [0.2, 0.25) is 11.8 Å². The maximum absolute atomic E-state index is 14.0. The number of hydrogen-bond donors (Lipinski definition) is 0. The summed E-state index contributed by atoms with van der Waals surface area (Å²) in [6, 6.07) is 14.9. The molecule has 2 unspecified atom stereocenters. The Kier molecular flexibility index (Phi) is 8.52. The summed E-state index contributed by atoms with van der Waals surface area (Å²) in [4.78, 5) is 32.5. The first-order chi connectivity index (χ1) is 17.0. The second-order valence-electron chi connectivity index (χ2n) is 9.59. The SMILES string of the molecule is CCC(=O)N1CCC2CCCC(CN(Cc3cccc(F)c3)Cc3ccccc31)N2C(=O)COC. The second kappa shape index (κ2) is 11.8. The standard InChI is InChI=1S/C28H36FN3O3/c1-3-27(33)31-15-14-24-11-7-12-25(32(24)28(34)20-35-2)19-30(17-21-8-6-10-23(29)16-21)18-22-9-4-5-13-26(22)31/h4-6,8-10,13,16,24-25H,3,7,11-12,14-15,17-20H2,1-2H3. The molecule has 1 fully saturated rings. The van der Waals surface area contributed by atoms with E-state index in [0.29, 0.717) is 32.6 Å². The summed E-state index contributed by atoms with van der Waals surface area (Å²) < 4.78 is 19.2. The number of rotatable bonds is 5. The van der Waals surface area contributed by atoms with Crippen LogP contribution >= 0.6 is 0 Å². The van der Waals surface area contributed by atoms with E-state index in [2.05, 4.69) is 11.0 Å². The molecule has 0 radical (unpaired) electrons. The first kappa shape index (κ1) is 25.3. The number of hydrogen-bond acceptors (Lipinski definition) is 4. The van der Waals surface area contributed by atoms with E-state index in [-0.39, 0.29) is 36.3 Å². The first-order valence-electron chi connectivity index (χ1n) is 12.6. The number of amides is 2. The number of carbonyl (C=O) groups is 2. The fourth-order valence-corrected chi connectivity index (χ4v) is 5.61. The fraction of sp³-hybridized carbons (Fsp3) is 0.500. The number of carbonyl (C=O) groups excluding carboxylic acids is 2. The smallest absolute Gasteiger partial charge is 0.249 e. The minimum absolute atomic E-state index is 0.00182. The maximum Gasteiger partial charge on any atom is 0.249 e. The van der Waals surface area contributed by atoms with Crippen LogP contribution in [-0.4, -0.2) is 60.5 Å². The van der Waals surface area contributed by atoms with E-state index in [1.807, 2.05) is 41.0 Å². The van der Waals surface area contributed by atoms with Gasteiger partial charge in [0.15, 0.2) is 0 Å². The predicted octanol–water partition coefficient (Wildman–Crippen LogP) is 4.37. The van der Waals surface area contributed by atoms with Crippen molar-refractivity contribution in [3.05, 3.63) is 65.5 Å². The molecule has 2 aromatic rings. The molecule has 2 aliphatic rings. The van der Waals surface area contributed by atoms with Crippen LogP contribution in [0.5, 0.6) is 0 Å². The molecule has 0 aromatic heterocycles. The van der Waals surface area contributed by atoms with Crippen LogP contribution in [0.15, 0.2) is 48.5 Å². The molecule has 6 nitrogen and oxygen atoms in total. The largest absolute Gasteiger partial charge is 0.375 e. The number of methoxy groups -OCH3 is 1. The fourth-order valence-electron chi connectivity index (χ4n) is 5.61. The Morgan fingerprint density at radius 3 is 2.60 bits per heavy atom. The van der Waals surface area contributed by atoms with Crippen molar-refractivity contribution in [1.29, 1.82) is 0 Å². The van der Waals surface area contributed by atoms with Gasteiger partial charge in [-0.25, -0.2) is 4.39 Å². The highest BCUT2D eigenvalue weighted by atomic mass is 19.1. The molecule has 7 heteroatoms. The van der Waals surface area contributed by atoms with Gasteiger partial charge < -0.3 is 14.5 Å². The number of ether oxygens (including phenoxy) is 1. The molecule has 4 rings (SSSR count). The Hall–Kier alpha value is -2.77. The number of benzene rings is 2. The second-order valence-corrected chi connectivity index (χ2v) is 9.59. The number of halogens is 1. The Morgan fingerprint density at radius 1 is 1.03 bits per heavy atom. The summed E-state index contributed by atoms with van der Waals surface area (Å²) in [5.74, 6) is -0.177. The highest BCUT2D eigenvalue weighted by molar-refractivity contribution is 5.94. The van der Waals surface area contributed by atoms with Crippen LogP contribution in [0.1, 0.15) is 50.2 Å². The van der Waals surface area contributed by atoms with Crippen molar-refractivity contribution in [1.82, 2.24) is 9.80 Å². The van der Waals surface area contributed by atoms with Gasteiger partial charge in [-0.15, -0.1) is 0 Å². The van der Waals surface area contributed by atoms with Gasteiger partial charge in [0.05, 0.1) is 0 Å². The zero-order valence-electron chi connectivity index (χ0n) is 20.8. The van der Waals surface area contributed by atoms with E-state index < -0.39 is 0 Å². The summed E-state index contributed by atoms with van der Waals surface area (Å²) >= 11 is 0. The molecule has 0 N–H and O–H groups in total. The van der Waals surface area contributed by atoms with Crippen LogP contribution in [0.2, 0.25) is 0 Å². The summed E-state index contributed by atoms with van der Waals surface area (Å²) in [5.41, 5.74) is 2.88. The normalized spacial score (nSPS) is 21.2. The third-order valence-electron chi connectivity index (χ3n) is 7.15. The molecule has 2 bridgehead atoms. The summed E-state index contributed by atoms with van der Waals surface area (Å²) in [6.45, 7) is 4.35. The highest BCUT2D eigenvalue weighted by Gasteiger charge is 2.36. The minimum Gasteiger partial charge on any atom is -0.375 e. The number of nitrogens with zero attached hydrogens (tertiary/aromatic N) is 3. The molecule has 188 valence electrons. The lowest BCUT2D eigenvalue weighted by atomic mass is 9.92. The van der Waals surface area contributed by atoms with Gasteiger partial charge in [0.25, 0.3) is 0 Å². The van der Waals surface area contributed by atoms with Gasteiger partial charge in [-0.1, -0.05) is 37.3 Å². The molecule has 35 heavy (non-hydrogen) atoms. The van der Waals surface area contributed by atoms with Crippen molar-refractivity contribution in [3.8, 4) is 0 Å². The van der Waals surface area contributed by atoms with Crippen molar-refractivity contribution < 1.29 is 18.7 Å². The molecule has 2 aliphatic heterocycles. The Bertz CT molecular complexity index is 1030. The Balaban J connectivity index is 1.75. The van der Waals surface area contributed by atoms with E-state index in [9.17, 15) is 14.0 Å². The van der Waals surface area contributed by atoms with Crippen LogP contribution in [0, 0.1) is 5.82 Å². The monoisotopic (exact) mass is 481 g/mol. The van der Waals surface area contributed by atoms with Gasteiger partial charge in [0, 0.05) is 57.5 Å². The van der Waals surface area contributed by atoms with Crippen LogP contribution in [0.3, 0.4) is 0 Å². The molecule has 1 saturated heterocycles. The van der Waals surface area contributed by atoms with Crippen molar-refractivity contribution >= 4 is 17.5 Å². The van der Waals surface area contributed by atoms with E-state index in [1.165, 1.54) is 6.07 Å². The number of piperidine rings is 1. The average molecular weight is 482 g/mol. The first-order valence-corrected chi connectivity index (χ1v) is 12.6. The van der Waals surface area contributed by atoms with Gasteiger partial charge in [-0.05, 0) is 55.0 Å². The zero-order chi connectivity index (χ0) is 24.8. The maximum atomic E-state index is 14.0. The molecule has 2 heterocycles. The quantitative estimate of drug-likeness (QED) is 0.637. The van der Waals surface area contributed by atoms with Crippen molar-refractivity contribution in [3.63, 3.8) is 0 Å². The minimum atomic E-state index is -0.255. The van der Waals surface area contributed by atoms with E-state index >= 15 is 0 Å². The molecule has 2 atom stereocenters. The van der Waals surface area contributed by atoms with Crippen molar-refractivity contribution in [2.45, 2.75) is 64.2 Å².